The van der Waals surface area contributed by atoms with Crippen molar-refractivity contribution in [2.24, 2.45) is 0 Å². The maximum Gasteiger partial charge on any atom is 0.230 e. The highest BCUT2D eigenvalue weighted by Gasteiger charge is 2.40. The summed E-state index contributed by atoms with van der Waals surface area (Å²) in [4.78, 5) is 13.2. The first-order chi connectivity index (χ1) is 12.7. The number of benzene rings is 1. The zero-order valence-corrected chi connectivity index (χ0v) is 16.5. The molecule has 2 aromatic rings. The summed E-state index contributed by atoms with van der Waals surface area (Å²) in [5, 5.41) is 12.6. The van der Waals surface area contributed by atoms with Crippen molar-refractivity contribution in [1.29, 1.82) is 0 Å². The first-order valence-corrected chi connectivity index (χ1v) is 10.7. The summed E-state index contributed by atoms with van der Waals surface area (Å²) in [6, 6.07) is 10.3. The summed E-state index contributed by atoms with van der Waals surface area (Å²) < 4.78 is 2.12. The van der Waals surface area contributed by atoms with Crippen LogP contribution in [-0.2, 0) is 23.2 Å². The minimum absolute atomic E-state index is 0.163. The second-order valence-corrected chi connectivity index (χ2v) is 7.64. The van der Waals surface area contributed by atoms with Crippen LogP contribution in [-0.4, -0.2) is 33.5 Å². The lowest BCUT2D eigenvalue weighted by molar-refractivity contribution is -0.128. The fourth-order valence-electron chi connectivity index (χ4n) is 3.99. The summed E-state index contributed by atoms with van der Waals surface area (Å²) in [6.45, 7) is 3.54. The van der Waals surface area contributed by atoms with E-state index in [1.54, 1.807) is 11.8 Å². The van der Waals surface area contributed by atoms with E-state index in [0.29, 0.717) is 13.0 Å². The molecule has 0 unspecified atom stereocenters. The Balaban J connectivity index is 1.68. The molecule has 1 N–H and O–H groups in total. The van der Waals surface area contributed by atoms with Crippen LogP contribution < -0.4 is 5.32 Å². The van der Waals surface area contributed by atoms with Gasteiger partial charge in [-0.05, 0) is 31.6 Å². The van der Waals surface area contributed by atoms with Gasteiger partial charge in [-0.25, -0.2) is 0 Å². The van der Waals surface area contributed by atoms with Gasteiger partial charge in [0.15, 0.2) is 5.16 Å². The molecule has 0 saturated heterocycles. The fraction of sp³-hybridized carbons (Fsp3) is 0.550. The number of hydrogen-bond donors (Lipinski definition) is 1. The lowest BCUT2D eigenvalue weighted by Gasteiger charge is -2.36. The van der Waals surface area contributed by atoms with E-state index in [4.69, 9.17) is 0 Å². The Bertz CT molecular complexity index is 723. The second kappa shape index (κ2) is 8.71. The lowest BCUT2D eigenvalue weighted by atomic mass is 9.68. The van der Waals surface area contributed by atoms with E-state index in [1.807, 2.05) is 24.5 Å². The molecule has 1 fully saturated rings. The van der Waals surface area contributed by atoms with Gasteiger partial charge in [0.2, 0.25) is 5.91 Å². The number of amides is 1. The van der Waals surface area contributed by atoms with Crippen LogP contribution in [0.2, 0.25) is 0 Å². The first-order valence-electron chi connectivity index (χ1n) is 9.51. The quantitative estimate of drug-likeness (QED) is 0.755. The molecule has 0 aliphatic heterocycles. The Morgan fingerprint density at radius 1 is 1.19 bits per heavy atom. The van der Waals surface area contributed by atoms with Crippen molar-refractivity contribution in [3.05, 3.63) is 41.7 Å². The molecule has 1 aromatic heterocycles. The molecule has 0 spiro atoms. The average Bonchev–Trinajstić information content (AvgIpc) is 3.11. The molecule has 5 nitrogen and oxygen atoms in total. The summed E-state index contributed by atoms with van der Waals surface area (Å²) in [5.41, 5.74) is 0.779. The monoisotopic (exact) mass is 372 g/mol. The average molecular weight is 373 g/mol. The van der Waals surface area contributed by atoms with Gasteiger partial charge in [-0.2, -0.15) is 0 Å². The van der Waals surface area contributed by atoms with Crippen molar-refractivity contribution in [3.8, 4) is 0 Å². The van der Waals surface area contributed by atoms with E-state index in [0.717, 1.165) is 48.8 Å². The Morgan fingerprint density at radius 3 is 2.58 bits per heavy atom. The van der Waals surface area contributed by atoms with E-state index in [9.17, 15) is 4.79 Å². The predicted octanol–water partition coefficient (Wildman–Crippen LogP) is 3.58. The van der Waals surface area contributed by atoms with E-state index >= 15 is 0 Å². The molecule has 0 bridgehead atoms. The number of rotatable bonds is 7. The number of aromatic nitrogens is 3. The van der Waals surface area contributed by atoms with Gasteiger partial charge in [-0.3, -0.25) is 4.79 Å². The van der Waals surface area contributed by atoms with Gasteiger partial charge in [-0.1, -0.05) is 61.4 Å². The number of nitrogens with one attached hydrogen (secondary N) is 1. The highest BCUT2D eigenvalue weighted by atomic mass is 32.2. The lowest BCUT2D eigenvalue weighted by Crippen LogP contribution is -2.46. The zero-order valence-electron chi connectivity index (χ0n) is 15.7. The minimum atomic E-state index is -0.373. The molecule has 1 amide bonds. The number of nitrogens with zero attached hydrogens (tertiary/aromatic N) is 3. The van der Waals surface area contributed by atoms with E-state index < -0.39 is 0 Å². The Labute approximate surface area is 160 Å². The molecule has 0 atom stereocenters. The molecule has 1 aliphatic carbocycles. The molecule has 6 heteroatoms. The third-order valence-electron chi connectivity index (χ3n) is 5.39. The number of thioether (sulfide) groups is 1. The molecular weight excluding hydrogens is 344 g/mol. The van der Waals surface area contributed by atoms with Gasteiger partial charge in [0.05, 0.1) is 5.41 Å². The van der Waals surface area contributed by atoms with Gasteiger partial charge in [0.25, 0.3) is 0 Å². The SMILES string of the molecule is CCn1c(CCNC(=O)C2(c3ccccc3)CCCCC2)nnc1SC. The number of hydrogen-bond acceptors (Lipinski definition) is 4. The van der Waals surface area contributed by atoms with Crippen LogP contribution in [0.4, 0.5) is 0 Å². The molecule has 26 heavy (non-hydrogen) atoms. The molecule has 3 rings (SSSR count). The third-order valence-corrected chi connectivity index (χ3v) is 6.06. The van der Waals surface area contributed by atoms with Crippen molar-refractivity contribution in [2.45, 2.75) is 62.6 Å². The third kappa shape index (κ3) is 3.80. The Kier molecular flexibility index (Phi) is 6.35. The van der Waals surface area contributed by atoms with Crippen LogP contribution >= 0.6 is 11.8 Å². The van der Waals surface area contributed by atoms with Gasteiger partial charge >= 0.3 is 0 Å². The van der Waals surface area contributed by atoms with Gasteiger partial charge in [-0.15, -0.1) is 10.2 Å². The second-order valence-electron chi connectivity index (χ2n) is 6.86. The predicted molar refractivity (Wildman–Crippen MR) is 105 cm³/mol. The standard InChI is InChI=1S/C20H28N4OS/c1-3-24-17(22-23-19(24)26-2)12-15-21-18(25)20(13-8-5-9-14-20)16-10-6-4-7-11-16/h4,6-7,10-11H,3,5,8-9,12-15H2,1-2H3,(H,21,25). The summed E-state index contributed by atoms with van der Waals surface area (Å²) in [7, 11) is 0. The van der Waals surface area contributed by atoms with Crippen LogP contribution in [0.25, 0.3) is 0 Å². The fourth-order valence-corrected chi connectivity index (χ4v) is 4.57. The van der Waals surface area contributed by atoms with Crippen molar-refractivity contribution in [2.75, 3.05) is 12.8 Å². The normalized spacial score (nSPS) is 16.4. The molecule has 1 heterocycles. The highest BCUT2D eigenvalue weighted by Crippen LogP contribution is 2.39. The molecule has 1 aromatic carbocycles. The molecule has 0 radical (unpaired) electrons. The topological polar surface area (TPSA) is 59.8 Å². The van der Waals surface area contributed by atoms with E-state index in [-0.39, 0.29) is 11.3 Å². The van der Waals surface area contributed by atoms with E-state index in [1.165, 1.54) is 6.42 Å². The maximum atomic E-state index is 13.2. The summed E-state index contributed by atoms with van der Waals surface area (Å²) in [5.74, 6) is 1.10. The van der Waals surface area contributed by atoms with Gasteiger partial charge in [0.1, 0.15) is 5.82 Å². The maximum absolute atomic E-state index is 13.2. The molecule has 140 valence electrons. The highest BCUT2D eigenvalue weighted by molar-refractivity contribution is 7.98. The molecule has 1 aliphatic rings. The van der Waals surface area contributed by atoms with Crippen LogP contribution in [0.15, 0.2) is 35.5 Å². The van der Waals surface area contributed by atoms with Crippen LogP contribution in [0.1, 0.15) is 50.4 Å². The van der Waals surface area contributed by atoms with Gasteiger partial charge < -0.3 is 9.88 Å². The van der Waals surface area contributed by atoms with Crippen LogP contribution in [0, 0.1) is 0 Å². The van der Waals surface area contributed by atoms with Crippen molar-refractivity contribution >= 4 is 17.7 Å². The van der Waals surface area contributed by atoms with Crippen molar-refractivity contribution in [1.82, 2.24) is 20.1 Å². The Hall–Kier alpha value is -1.82. The zero-order chi connectivity index (χ0) is 18.4. The smallest absolute Gasteiger partial charge is 0.230 e. The minimum Gasteiger partial charge on any atom is -0.355 e. The molecular formula is C20H28N4OS. The van der Waals surface area contributed by atoms with Crippen molar-refractivity contribution < 1.29 is 4.79 Å². The summed E-state index contributed by atoms with van der Waals surface area (Å²) in [6.07, 6.45) is 8.04. The first kappa shape index (κ1) is 19.0. The number of carbonyl (C=O) groups excluding carboxylic acids is 1. The number of carbonyl (C=O) groups is 1. The summed E-state index contributed by atoms with van der Waals surface area (Å²) >= 11 is 1.60. The van der Waals surface area contributed by atoms with Gasteiger partial charge in [0, 0.05) is 19.5 Å². The van der Waals surface area contributed by atoms with Crippen LogP contribution in [0.3, 0.4) is 0 Å². The molecule has 1 saturated carbocycles. The van der Waals surface area contributed by atoms with E-state index in [2.05, 4.69) is 39.1 Å². The van der Waals surface area contributed by atoms with Crippen LogP contribution in [0.5, 0.6) is 0 Å². The van der Waals surface area contributed by atoms with Crippen molar-refractivity contribution in [3.63, 3.8) is 0 Å². The largest absolute Gasteiger partial charge is 0.355 e. The Morgan fingerprint density at radius 2 is 1.92 bits per heavy atom.